The van der Waals surface area contributed by atoms with Gasteiger partial charge in [-0.3, -0.25) is 9.78 Å². The van der Waals surface area contributed by atoms with Crippen LogP contribution in [0.1, 0.15) is 21.5 Å². The largest absolute Gasteiger partial charge is 0.348 e. The van der Waals surface area contributed by atoms with Crippen LogP contribution in [0.2, 0.25) is 0 Å². The molecule has 0 saturated carbocycles. The van der Waals surface area contributed by atoms with Crippen molar-refractivity contribution < 1.29 is 13.6 Å². The molecular formula is C14H13F2N3O. The molecule has 1 heterocycles. The van der Waals surface area contributed by atoms with E-state index in [-0.39, 0.29) is 18.7 Å². The summed E-state index contributed by atoms with van der Waals surface area (Å²) in [7, 11) is 0. The average molecular weight is 277 g/mol. The van der Waals surface area contributed by atoms with Crippen molar-refractivity contribution in [2.45, 2.75) is 13.1 Å². The smallest absolute Gasteiger partial charge is 0.253 e. The summed E-state index contributed by atoms with van der Waals surface area (Å²) in [5.74, 6) is -1.55. The molecule has 0 aliphatic heterocycles. The van der Waals surface area contributed by atoms with Crippen LogP contribution in [0.5, 0.6) is 0 Å². The van der Waals surface area contributed by atoms with Gasteiger partial charge in [-0.25, -0.2) is 8.78 Å². The molecule has 0 atom stereocenters. The van der Waals surface area contributed by atoms with Crippen molar-refractivity contribution in [3.8, 4) is 0 Å². The van der Waals surface area contributed by atoms with Gasteiger partial charge in [0.1, 0.15) is 11.6 Å². The van der Waals surface area contributed by atoms with E-state index in [9.17, 15) is 13.6 Å². The summed E-state index contributed by atoms with van der Waals surface area (Å²) in [5.41, 5.74) is 6.50. The zero-order valence-electron chi connectivity index (χ0n) is 10.6. The van der Waals surface area contributed by atoms with Gasteiger partial charge in [-0.05, 0) is 17.7 Å². The maximum absolute atomic E-state index is 13.7. The van der Waals surface area contributed by atoms with E-state index in [1.165, 1.54) is 12.3 Å². The van der Waals surface area contributed by atoms with Crippen LogP contribution in [0, 0.1) is 11.6 Å². The van der Waals surface area contributed by atoms with E-state index in [4.69, 9.17) is 5.73 Å². The Hall–Kier alpha value is -2.34. The molecule has 3 N–H and O–H groups in total. The van der Waals surface area contributed by atoms with Gasteiger partial charge < -0.3 is 11.1 Å². The zero-order valence-corrected chi connectivity index (χ0v) is 10.6. The molecule has 0 fully saturated rings. The highest BCUT2D eigenvalue weighted by Crippen LogP contribution is 2.10. The van der Waals surface area contributed by atoms with Gasteiger partial charge in [0.05, 0.1) is 11.8 Å². The van der Waals surface area contributed by atoms with E-state index in [1.54, 1.807) is 12.1 Å². The van der Waals surface area contributed by atoms with Crippen molar-refractivity contribution in [3.63, 3.8) is 0 Å². The number of carbonyl (C=O) groups excluding carboxylic acids is 1. The number of pyridine rings is 1. The molecule has 0 radical (unpaired) electrons. The van der Waals surface area contributed by atoms with E-state index in [0.717, 1.165) is 12.3 Å². The minimum absolute atomic E-state index is 0.00598. The van der Waals surface area contributed by atoms with Gasteiger partial charge in [0.2, 0.25) is 0 Å². The molecule has 1 aromatic carbocycles. The molecule has 104 valence electrons. The number of amides is 1. The lowest BCUT2D eigenvalue weighted by atomic mass is 10.1. The summed E-state index contributed by atoms with van der Waals surface area (Å²) < 4.78 is 26.6. The summed E-state index contributed by atoms with van der Waals surface area (Å²) in [6, 6.07) is 5.64. The number of hydrogen-bond donors (Lipinski definition) is 2. The molecule has 0 aliphatic rings. The standard InChI is InChI=1S/C14H13F2N3O/c15-12-4-11(6-18-8-12)14(20)19-7-10-2-1-9(5-17)3-13(10)16/h1-4,6,8H,5,7,17H2,(H,19,20). The van der Waals surface area contributed by atoms with Gasteiger partial charge in [-0.1, -0.05) is 12.1 Å². The first-order valence-electron chi connectivity index (χ1n) is 5.96. The van der Waals surface area contributed by atoms with Gasteiger partial charge in [-0.15, -0.1) is 0 Å². The molecule has 20 heavy (non-hydrogen) atoms. The molecule has 1 amide bonds. The first kappa shape index (κ1) is 14.1. The highest BCUT2D eigenvalue weighted by atomic mass is 19.1. The fourth-order valence-corrected chi connectivity index (χ4v) is 1.67. The zero-order chi connectivity index (χ0) is 14.5. The van der Waals surface area contributed by atoms with E-state index < -0.39 is 17.5 Å². The number of nitrogens with one attached hydrogen (secondary N) is 1. The van der Waals surface area contributed by atoms with Crippen LogP contribution in [0.3, 0.4) is 0 Å². The fourth-order valence-electron chi connectivity index (χ4n) is 1.67. The van der Waals surface area contributed by atoms with Gasteiger partial charge in [-0.2, -0.15) is 0 Å². The number of hydrogen-bond acceptors (Lipinski definition) is 3. The lowest BCUT2D eigenvalue weighted by Crippen LogP contribution is -2.23. The lowest BCUT2D eigenvalue weighted by molar-refractivity contribution is 0.0949. The molecule has 2 rings (SSSR count). The summed E-state index contributed by atoms with van der Waals surface area (Å²) in [5, 5.41) is 2.50. The number of halogens is 2. The Morgan fingerprint density at radius 3 is 2.70 bits per heavy atom. The van der Waals surface area contributed by atoms with Crippen molar-refractivity contribution in [1.82, 2.24) is 10.3 Å². The van der Waals surface area contributed by atoms with Crippen LogP contribution in [0.25, 0.3) is 0 Å². The molecule has 0 bridgehead atoms. The monoisotopic (exact) mass is 277 g/mol. The Morgan fingerprint density at radius 2 is 2.05 bits per heavy atom. The van der Waals surface area contributed by atoms with Gasteiger partial charge in [0, 0.05) is 24.8 Å². The van der Waals surface area contributed by atoms with Crippen molar-refractivity contribution in [1.29, 1.82) is 0 Å². The molecule has 4 nitrogen and oxygen atoms in total. The third-order valence-electron chi connectivity index (χ3n) is 2.76. The Kier molecular flexibility index (Phi) is 4.37. The van der Waals surface area contributed by atoms with Crippen LogP contribution < -0.4 is 11.1 Å². The van der Waals surface area contributed by atoms with Crippen LogP contribution >= 0.6 is 0 Å². The Balaban J connectivity index is 2.03. The molecule has 0 saturated heterocycles. The first-order valence-corrected chi connectivity index (χ1v) is 5.96. The number of benzene rings is 1. The predicted octanol–water partition coefficient (Wildman–Crippen LogP) is 1.75. The second-order valence-corrected chi connectivity index (χ2v) is 4.20. The molecule has 2 aromatic rings. The van der Waals surface area contributed by atoms with Crippen LogP contribution in [-0.2, 0) is 13.1 Å². The molecule has 0 unspecified atom stereocenters. The quantitative estimate of drug-likeness (QED) is 0.894. The summed E-state index contributed by atoms with van der Waals surface area (Å²) in [6.07, 6.45) is 2.24. The van der Waals surface area contributed by atoms with E-state index in [1.807, 2.05) is 0 Å². The normalized spacial score (nSPS) is 10.3. The topological polar surface area (TPSA) is 68.0 Å². The second kappa shape index (κ2) is 6.21. The highest BCUT2D eigenvalue weighted by molar-refractivity contribution is 5.93. The van der Waals surface area contributed by atoms with Crippen LogP contribution in [0.15, 0.2) is 36.7 Å². The maximum Gasteiger partial charge on any atom is 0.253 e. The van der Waals surface area contributed by atoms with E-state index in [0.29, 0.717) is 11.1 Å². The summed E-state index contributed by atoms with van der Waals surface area (Å²) in [4.78, 5) is 15.3. The maximum atomic E-state index is 13.7. The van der Waals surface area contributed by atoms with Crippen LogP contribution in [0.4, 0.5) is 8.78 Å². The number of carbonyl (C=O) groups is 1. The lowest BCUT2D eigenvalue weighted by Gasteiger charge is -2.07. The van der Waals surface area contributed by atoms with E-state index in [2.05, 4.69) is 10.3 Å². The number of rotatable bonds is 4. The Labute approximate surface area is 114 Å². The number of nitrogens with zero attached hydrogens (tertiary/aromatic N) is 1. The third kappa shape index (κ3) is 3.36. The fraction of sp³-hybridized carbons (Fsp3) is 0.143. The SMILES string of the molecule is NCc1ccc(CNC(=O)c2cncc(F)c2)c(F)c1. The Morgan fingerprint density at radius 1 is 1.25 bits per heavy atom. The molecular weight excluding hydrogens is 264 g/mol. The average Bonchev–Trinajstić information content (AvgIpc) is 2.45. The summed E-state index contributed by atoms with van der Waals surface area (Å²) >= 11 is 0. The Bertz CT molecular complexity index is 632. The van der Waals surface area contributed by atoms with E-state index >= 15 is 0 Å². The number of aromatic nitrogens is 1. The van der Waals surface area contributed by atoms with Gasteiger partial charge in [0.15, 0.2) is 0 Å². The third-order valence-corrected chi connectivity index (χ3v) is 2.76. The number of nitrogens with two attached hydrogens (primary N) is 1. The summed E-state index contributed by atoms with van der Waals surface area (Å²) in [6.45, 7) is 0.255. The minimum atomic E-state index is -0.601. The molecule has 6 heteroatoms. The van der Waals surface area contributed by atoms with Gasteiger partial charge >= 0.3 is 0 Å². The van der Waals surface area contributed by atoms with Crippen molar-refractivity contribution in [2.24, 2.45) is 5.73 Å². The predicted molar refractivity (Wildman–Crippen MR) is 69.7 cm³/mol. The minimum Gasteiger partial charge on any atom is -0.348 e. The first-order chi connectivity index (χ1) is 9.60. The molecule has 0 spiro atoms. The van der Waals surface area contributed by atoms with Crippen molar-refractivity contribution in [3.05, 3.63) is 65.0 Å². The second-order valence-electron chi connectivity index (χ2n) is 4.20. The van der Waals surface area contributed by atoms with Crippen molar-refractivity contribution in [2.75, 3.05) is 0 Å². The molecule has 1 aromatic heterocycles. The van der Waals surface area contributed by atoms with Gasteiger partial charge in [0.25, 0.3) is 5.91 Å². The highest BCUT2D eigenvalue weighted by Gasteiger charge is 2.09. The van der Waals surface area contributed by atoms with Crippen molar-refractivity contribution >= 4 is 5.91 Å². The van der Waals surface area contributed by atoms with Crippen LogP contribution in [-0.4, -0.2) is 10.9 Å². The molecule has 0 aliphatic carbocycles.